The van der Waals surface area contributed by atoms with E-state index in [-0.39, 0.29) is 0 Å². The minimum Gasteiger partial charge on any atom is -0.310 e. The van der Waals surface area contributed by atoms with Gasteiger partial charge in [-0.25, -0.2) is 4.98 Å². The van der Waals surface area contributed by atoms with E-state index in [1.54, 1.807) is 0 Å². The van der Waals surface area contributed by atoms with Crippen molar-refractivity contribution in [3.63, 3.8) is 0 Å². The first kappa shape index (κ1) is 33.9. The Balaban J connectivity index is 1.01. The maximum Gasteiger partial charge on any atom is 0.145 e. The minimum atomic E-state index is 0.926. The zero-order valence-electron chi connectivity index (χ0n) is 32.6. The van der Waals surface area contributed by atoms with Crippen molar-refractivity contribution in [2.45, 2.75) is 0 Å². The molecule has 3 aromatic heterocycles. The first-order valence-electron chi connectivity index (χ1n) is 20.4. The number of nitrogens with zero attached hydrogens (tertiary/aromatic N) is 5. The van der Waals surface area contributed by atoms with Gasteiger partial charge in [-0.05, 0) is 103 Å². The third-order valence-corrected chi connectivity index (χ3v) is 11.8. The average molecular weight is 768 g/mol. The molecular weight excluding hydrogens is 731 g/mol. The Morgan fingerprint density at radius 1 is 0.317 bits per heavy atom. The molecule has 0 radical (unpaired) electrons. The van der Waals surface area contributed by atoms with E-state index in [9.17, 15) is 0 Å². The first-order valence-corrected chi connectivity index (χ1v) is 20.4. The molecule has 282 valence electrons. The van der Waals surface area contributed by atoms with Gasteiger partial charge in [0.05, 0.1) is 38.8 Å². The molecule has 0 saturated carbocycles. The number of hydrogen-bond donors (Lipinski definition) is 0. The molecule has 0 spiro atoms. The summed E-state index contributed by atoms with van der Waals surface area (Å²) in [5.41, 5.74) is 14.4. The Hall–Kier alpha value is -8.15. The van der Waals surface area contributed by atoms with E-state index in [1.807, 2.05) is 6.07 Å². The van der Waals surface area contributed by atoms with E-state index >= 15 is 0 Å². The quantitative estimate of drug-likeness (QED) is 0.162. The van der Waals surface area contributed by atoms with E-state index in [4.69, 9.17) is 4.98 Å². The van der Waals surface area contributed by atoms with Gasteiger partial charge >= 0.3 is 0 Å². The first-order chi connectivity index (χ1) is 29.8. The molecule has 9 aromatic carbocycles. The Morgan fingerprint density at radius 3 is 1.42 bits per heavy atom. The summed E-state index contributed by atoms with van der Waals surface area (Å²) in [6, 6.07) is 80.2. The van der Waals surface area contributed by atoms with Crippen molar-refractivity contribution in [3.8, 4) is 28.5 Å². The van der Waals surface area contributed by atoms with Crippen LogP contribution in [-0.2, 0) is 0 Å². The molecule has 0 N–H and O–H groups in total. The summed E-state index contributed by atoms with van der Waals surface area (Å²) in [6.45, 7) is 0. The van der Waals surface area contributed by atoms with Crippen LogP contribution in [-0.4, -0.2) is 18.7 Å². The number of hydrogen-bond acceptors (Lipinski definition) is 2. The third-order valence-electron chi connectivity index (χ3n) is 11.8. The highest BCUT2D eigenvalue weighted by Crippen LogP contribution is 2.44. The predicted octanol–water partition coefficient (Wildman–Crippen LogP) is 14.4. The second kappa shape index (κ2) is 13.8. The summed E-state index contributed by atoms with van der Waals surface area (Å²) in [5.74, 6) is 0.926. The summed E-state index contributed by atoms with van der Waals surface area (Å²) in [5, 5.41) is 4.90. The normalized spacial score (nSPS) is 11.7. The van der Waals surface area contributed by atoms with Gasteiger partial charge < -0.3 is 14.0 Å². The molecule has 5 nitrogen and oxygen atoms in total. The van der Waals surface area contributed by atoms with Crippen molar-refractivity contribution in [1.29, 1.82) is 0 Å². The molecule has 0 aliphatic carbocycles. The molecule has 0 bridgehead atoms. The molecule has 60 heavy (non-hydrogen) atoms. The maximum absolute atomic E-state index is 5.08. The van der Waals surface area contributed by atoms with Crippen molar-refractivity contribution in [1.82, 2.24) is 18.7 Å². The predicted molar refractivity (Wildman–Crippen MR) is 250 cm³/mol. The van der Waals surface area contributed by atoms with Crippen LogP contribution in [0.15, 0.2) is 224 Å². The average Bonchev–Trinajstić information content (AvgIpc) is 3.99. The molecule has 0 aliphatic rings. The molecule has 0 saturated heterocycles. The van der Waals surface area contributed by atoms with Gasteiger partial charge in [0, 0.05) is 55.5 Å². The van der Waals surface area contributed by atoms with Gasteiger partial charge in [-0.15, -0.1) is 0 Å². The molecule has 0 fully saturated rings. The summed E-state index contributed by atoms with van der Waals surface area (Å²) >= 11 is 0. The minimum absolute atomic E-state index is 0.926. The fraction of sp³-hybridized carbons (Fsp3) is 0. The highest BCUT2D eigenvalue weighted by molar-refractivity contribution is 6.16. The topological polar surface area (TPSA) is 30.9 Å². The SMILES string of the molecule is c1ccc(-c2nc3ccccc3n2-c2ccc(-n3c4ccccc4c4c(N(c5ccccc5)c5ccc(-n6c7ccccc7c7ccccc76)cc5)cccc43)cc2)cc1. The standard InChI is InChI=1S/C55H37N5/c1-3-16-38(17-4-1)55-56-47-23-10-14-27-51(47)60(55)43-36-34-42(35-37-43)59-50-26-13-9-22-46(50)54-52(28-15-29-53(54)59)57(39-18-5-2-6-19-39)40-30-32-41(33-31-40)58-48-24-11-7-20-44(48)45-21-8-12-25-49(45)58/h1-37H. The molecule has 0 atom stereocenters. The molecule has 5 heteroatoms. The van der Waals surface area contributed by atoms with Crippen molar-refractivity contribution in [2.75, 3.05) is 4.90 Å². The van der Waals surface area contributed by atoms with Crippen LogP contribution in [0.4, 0.5) is 17.1 Å². The fourth-order valence-corrected chi connectivity index (χ4v) is 9.24. The summed E-state index contributed by atoms with van der Waals surface area (Å²) in [4.78, 5) is 7.48. The molecule has 3 heterocycles. The number of anilines is 3. The number of imidazole rings is 1. The van der Waals surface area contributed by atoms with Gasteiger partial charge in [0.1, 0.15) is 5.82 Å². The van der Waals surface area contributed by atoms with Gasteiger partial charge in [0.15, 0.2) is 0 Å². The van der Waals surface area contributed by atoms with Crippen LogP contribution in [0.5, 0.6) is 0 Å². The van der Waals surface area contributed by atoms with Crippen LogP contribution in [0, 0.1) is 0 Å². The molecule has 0 unspecified atom stereocenters. The summed E-state index contributed by atoms with van der Waals surface area (Å²) in [6.07, 6.45) is 0. The van der Waals surface area contributed by atoms with Crippen molar-refractivity contribution in [2.24, 2.45) is 0 Å². The highest BCUT2D eigenvalue weighted by atomic mass is 15.1. The fourth-order valence-electron chi connectivity index (χ4n) is 9.24. The van der Waals surface area contributed by atoms with Crippen LogP contribution >= 0.6 is 0 Å². The monoisotopic (exact) mass is 767 g/mol. The van der Waals surface area contributed by atoms with Crippen LogP contribution in [0.25, 0.3) is 83.1 Å². The second-order valence-electron chi connectivity index (χ2n) is 15.2. The molecule has 12 rings (SSSR count). The lowest BCUT2D eigenvalue weighted by Crippen LogP contribution is -2.10. The van der Waals surface area contributed by atoms with Crippen molar-refractivity contribution >= 4 is 71.7 Å². The van der Waals surface area contributed by atoms with Crippen LogP contribution in [0.2, 0.25) is 0 Å². The van der Waals surface area contributed by atoms with Crippen molar-refractivity contribution in [3.05, 3.63) is 224 Å². The Bertz CT molecular complexity index is 3470. The number of fused-ring (bicyclic) bond motifs is 7. The molecule has 12 aromatic rings. The summed E-state index contributed by atoms with van der Waals surface area (Å²) in [7, 11) is 0. The van der Waals surface area contributed by atoms with Gasteiger partial charge in [0.2, 0.25) is 0 Å². The van der Waals surface area contributed by atoms with Crippen molar-refractivity contribution < 1.29 is 0 Å². The lowest BCUT2D eigenvalue weighted by molar-refractivity contribution is 1.09. The maximum atomic E-state index is 5.08. The number of para-hydroxylation sites is 6. The number of aromatic nitrogens is 4. The molecule has 0 amide bonds. The van der Waals surface area contributed by atoms with Crippen LogP contribution in [0.1, 0.15) is 0 Å². The zero-order valence-corrected chi connectivity index (χ0v) is 32.6. The summed E-state index contributed by atoms with van der Waals surface area (Å²) < 4.78 is 7.04. The Morgan fingerprint density at radius 2 is 0.767 bits per heavy atom. The second-order valence-corrected chi connectivity index (χ2v) is 15.2. The van der Waals surface area contributed by atoms with E-state index in [0.29, 0.717) is 0 Å². The van der Waals surface area contributed by atoms with E-state index in [1.165, 1.54) is 32.6 Å². The zero-order chi connectivity index (χ0) is 39.6. The largest absolute Gasteiger partial charge is 0.310 e. The lowest BCUT2D eigenvalue weighted by Gasteiger charge is -2.27. The van der Waals surface area contributed by atoms with E-state index < -0.39 is 0 Å². The van der Waals surface area contributed by atoms with Crippen LogP contribution < -0.4 is 4.90 Å². The Labute approximate surface area is 346 Å². The van der Waals surface area contributed by atoms with Crippen LogP contribution in [0.3, 0.4) is 0 Å². The van der Waals surface area contributed by atoms with E-state index in [0.717, 1.165) is 67.6 Å². The van der Waals surface area contributed by atoms with Gasteiger partial charge in [0.25, 0.3) is 0 Å². The van der Waals surface area contributed by atoms with Gasteiger partial charge in [-0.3, -0.25) is 4.57 Å². The van der Waals surface area contributed by atoms with Gasteiger partial charge in [-0.2, -0.15) is 0 Å². The smallest absolute Gasteiger partial charge is 0.145 e. The Kier molecular flexibility index (Phi) is 7.78. The lowest BCUT2D eigenvalue weighted by atomic mass is 10.1. The number of rotatable bonds is 7. The third kappa shape index (κ3) is 5.30. The van der Waals surface area contributed by atoms with Gasteiger partial charge in [-0.1, -0.05) is 121 Å². The molecular formula is C55H37N5. The highest BCUT2D eigenvalue weighted by Gasteiger charge is 2.22. The van der Waals surface area contributed by atoms with E-state index in [2.05, 4.69) is 237 Å². The molecule has 0 aliphatic heterocycles. The number of benzene rings is 9.